The summed E-state index contributed by atoms with van der Waals surface area (Å²) >= 11 is 0. The molecule has 1 aromatic rings. The van der Waals surface area contributed by atoms with Gasteiger partial charge in [0.2, 0.25) is 5.95 Å². The van der Waals surface area contributed by atoms with E-state index in [1.54, 1.807) is 0 Å². The SMILES string of the molecule is CCn1ccnc1NC(CN(C)C)C(C)C. The highest BCUT2D eigenvalue weighted by Crippen LogP contribution is 2.11. The highest BCUT2D eigenvalue weighted by molar-refractivity contribution is 5.28. The summed E-state index contributed by atoms with van der Waals surface area (Å²) in [7, 11) is 4.20. The lowest BCUT2D eigenvalue weighted by molar-refractivity contribution is 0.343. The van der Waals surface area contributed by atoms with Gasteiger partial charge in [-0.2, -0.15) is 0 Å². The minimum atomic E-state index is 0.433. The number of nitrogens with one attached hydrogen (secondary N) is 1. The number of rotatable bonds is 6. The molecule has 0 bridgehead atoms. The lowest BCUT2D eigenvalue weighted by Crippen LogP contribution is -2.37. The normalized spacial score (nSPS) is 13.4. The summed E-state index contributed by atoms with van der Waals surface area (Å²) in [6, 6.07) is 0.433. The molecule has 1 atom stereocenters. The molecule has 0 radical (unpaired) electrons. The minimum Gasteiger partial charge on any atom is -0.351 e. The summed E-state index contributed by atoms with van der Waals surface area (Å²) in [5.41, 5.74) is 0. The number of aryl methyl sites for hydroxylation is 1. The Bertz CT molecular complexity index is 304. The maximum Gasteiger partial charge on any atom is 0.203 e. The third-order valence-corrected chi connectivity index (χ3v) is 2.74. The second kappa shape index (κ2) is 5.89. The molecule has 0 saturated heterocycles. The molecule has 16 heavy (non-hydrogen) atoms. The molecule has 0 fully saturated rings. The predicted octanol–water partition coefficient (Wildman–Crippen LogP) is 1.90. The van der Waals surface area contributed by atoms with Crippen molar-refractivity contribution in [3.05, 3.63) is 12.4 Å². The maximum atomic E-state index is 4.35. The fourth-order valence-corrected chi connectivity index (χ4v) is 1.69. The standard InChI is InChI=1S/C12H24N4/c1-6-16-8-7-13-12(16)14-11(10(2)3)9-15(4)5/h7-8,10-11H,6,9H2,1-5H3,(H,13,14). The molecule has 92 valence electrons. The average Bonchev–Trinajstić information content (AvgIpc) is 2.63. The van der Waals surface area contributed by atoms with E-state index in [0.717, 1.165) is 19.0 Å². The number of aromatic nitrogens is 2. The molecule has 1 N–H and O–H groups in total. The summed E-state index contributed by atoms with van der Waals surface area (Å²) in [5, 5.41) is 3.52. The Balaban J connectivity index is 2.67. The van der Waals surface area contributed by atoms with Gasteiger partial charge in [0.05, 0.1) is 0 Å². The van der Waals surface area contributed by atoms with E-state index in [4.69, 9.17) is 0 Å². The molecule has 0 aliphatic heterocycles. The second-order valence-electron chi connectivity index (χ2n) is 4.79. The van der Waals surface area contributed by atoms with E-state index in [2.05, 4.69) is 54.6 Å². The molecule has 0 amide bonds. The van der Waals surface area contributed by atoms with Crippen LogP contribution in [0, 0.1) is 5.92 Å². The summed E-state index contributed by atoms with van der Waals surface area (Å²) in [6.45, 7) is 8.58. The van der Waals surface area contributed by atoms with Crippen molar-refractivity contribution in [3.63, 3.8) is 0 Å². The van der Waals surface area contributed by atoms with Gasteiger partial charge in [0.1, 0.15) is 0 Å². The Morgan fingerprint density at radius 2 is 2.12 bits per heavy atom. The maximum absolute atomic E-state index is 4.35. The van der Waals surface area contributed by atoms with Gasteiger partial charge in [-0.3, -0.25) is 0 Å². The Labute approximate surface area is 98.7 Å². The number of hydrogen-bond acceptors (Lipinski definition) is 3. The van der Waals surface area contributed by atoms with Crippen molar-refractivity contribution >= 4 is 5.95 Å². The van der Waals surface area contributed by atoms with Gasteiger partial charge in [0, 0.05) is 31.5 Å². The van der Waals surface area contributed by atoms with Crippen LogP contribution in [0.4, 0.5) is 5.95 Å². The van der Waals surface area contributed by atoms with E-state index in [1.165, 1.54) is 0 Å². The second-order valence-corrected chi connectivity index (χ2v) is 4.79. The highest BCUT2D eigenvalue weighted by Gasteiger charge is 2.15. The van der Waals surface area contributed by atoms with Gasteiger partial charge in [-0.1, -0.05) is 13.8 Å². The molecule has 4 heteroatoms. The molecule has 1 heterocycles. The Morgan fingerprint density at radius 1 is 1.44 bits per heavy atom. The third kappa shape index (κ3) is 3.52. The molecule has 4 nitrogen and oxygen atoms in total. The first kappa shape index (κ1) is 13.0. The quantitative estimate of drug-likeness (QED) is 0.801. The van der Waals surface area contributed by atoms with Crippen LogP contribution in [0.15, 0.2) is 12.4 Å². The summed E-state index contributed by atoms with van der Waals surface area (Å²) in [5.74, 6) is 1.56. The smallest absolute Gasteiger partial charge is 0.203 e. The lowest BCUT2D eigenvalue weighted by Gasteiger charge is -2.26. The van der Waals surface area contributed by atoms with Crippen LogP contribution in [0.5, 0.6) is 0 Å². The first-order valence-corrected chi connectivity index (χ1v) is 5.97. The predicted molar refractivity (Wildman–Crippen MR) is 68.7 cm³/mol. The molecule has 0 saturated carbocycles. The highest BCUT2D eigenvalue weighted by atomic mass is 15.2. The molecule has 1 rings (SSSR count). The van der Waals surface area contributed by atoms with Gasteiger partial charge in [0.25, 0.3) is 0 Å². The zero-order valence-corrected chi connectivity index (χ0v) is 11.1. The Kier molecular flexibility index (Phi) is 4.80. The van der Waals surface area contributed by atoms with Crippen molar-refractivity contribution in [3.8, 4) is 0 Å². The molecular weight excluding hydrogens is 200 g/mol. The number of nitrogens with zero attached hydrogens (tertiary/aromatic N) is 3. The Hall–Kier alpha value is -1.03. The summed E-state index contributed by atoms with van der Waals surface area (Å²) < 4.78 is 2.13. The number of hydrogen-bond donors (Lipinski definition) is 1. The van der Waals surface area contributed by atoms with Crippen LogP contribution in [0.25, 0.3) is 0 Å². The summed E-state index contributed by atoms with van der Waals surface area (Å²) in [4.78, 5) is 6.56. The van der Waals surface area contributed by atoms with Gasteiger partial charge >= 0.3 is 0 Å². The number of anilines is 1. The van der Waals surface area contributed by atoms with Crippen LogP contribution in [0.3, 0.4) is 0 Å². The van der Waals surface area contributed by atoms with E-state index < -0.39 is 0 Å². The van der Waals surface area contributed by atoms with Crippen molar-refractivity contribution in [1.82, 2.24) is 14.5 Å². The van der Waals surface area contributed by atoms with Crippen LogP contribution in [-0.2, 0) is 6.54 Å². The van der Waals surface area contributed by atoms with Gasteiger partial charge < -0.3 is 14.8 Å². The van der Waals surface area contributed by atoms with E-state index in [1.807, 2.05) is 12.4 Å². The van der Waals surface area contributed by atoms with Gasteiger partial charge in [0.15, 0.2) is 0 Å². The number of imidazole rings is 1. The van der Waals surface area contributed by atoms with Gasteiger partial charge in [-0.25, -0.2) is 4.98 Å². The van der Waals surface area contributed by atoms with Crippen LogP contribution >= 0.6 is 0 Å². The topological polar surface area (TPSA) is 33.1 Å². The summed E-state index contributed by atoms with van der Waals surface area (Å²) in [6.07, 6.45) is 3.86. The van der Waals surface area contributed by atoms with Crippen LogP contribution in [0.2, 0.25) is 0 Å². The molecule has 0 spiro atoms. The van der Waals surface area contributed by atoms with Crippen LogP contribution in [0.1, 0.15) is 20.8 Å². The molecule has 0 aliphatic rings. The van der Waals surface area contributed by atoms with E-state index in [0.29, 0.717) is 12.0 Å². The van der Waals surface area contributed by atoms with Gasteiger partial charge in [-0.15, -0.1) is 0 Å². The third-order valence-electron chi connectivity index (χ3n) is 2.74. The van der Waals surface area contributed by atoms with E-state index in [9.17, 15) is 0 Å². The van der Waals surface area contributed by atoms with Crippen molar-refractivity contribution in [2.45, 2.75) is 33.4 Å². The lowest BCUT2D eigenvalue weighted by atomic mass is 10.0. The van der Waals surface area contributed by atoms with Crippen molar-refractivity contribution < 1.29 is 0 Å². The van der Waals surface area contributed by atoms with E-state index >= 15 is 0 Å². The van der Waals surface area contributed by atoms with Crippen molar-refractivity contribution in [2.24, 2.45) is 5.92 Å². The zero-order chi connectivity index (χ0) is 12.1. The monoisotopic (exact) mass is 224 g/mol. The fraction of sp³-hybridized carbons (Fsp3) is 0.750. The molecule has 0 aromatic carbocycles. The molecule has 0 aliphatic carbocycles. The fourth-order valence-electron chi connectivity index (χ4n) is 1.69. The first-order chi connectivity index (χ1) is 7.54. The molecule has 1 unspecified atom stereocenters. The van der Waals surface area contributed by atoms with Crippen molar-refractivity contribution in [1.29, 1.82) is 0 Å². The number of likely N-dealkylation sites (N-methyl/N-ethyl adjacent to an activating group) is 1. The van der Waals surface area contributed by atoms with Crippen LogP contribution < -0.4 is 5.32 Å². The zero-order valence-electron chi connectivity index (χ0n) is 11.1. The van der Waals surface area contributed by atoms with Crippen LogP contribution in [-0.4, -0.2) is 41.1 Å². The minimum absolute atomic E-state index is 0.433. The Morgan fingerprint density at radius 3 is 2.62 bits per heavy atom. The van der Waals surface area contributed by atoms with Crippen molar-refractivity contribution in [2.75, 3.05) is 26.0 Å². The largest absolute Gasteiger partial charge is 0.351 e. The van der Waals surface area contributed by atoms with E-state index in [-0.39, 0.29) is 0 Å². The van der Waals surface area contributed by atoms with Gasteiger partial charge in [-0.05, 0) is 26.9 Å². The molecule has 1 aromatic heterocycles. The molecular formula is C12H24N4. The average molecular weight is 224 g/mol. The first-order valence-electron chi connectivity index (χ1n) is 5.97.